The van der Waals surface area contributed by atoms with Gasteiger partial charge in [0.25, 0.3) is 0 Å². The first-order chi connectivity index (χ1) is 5.95. The minimum atomic E-state index is -0.844. The topological polar surface area (TPSA) is 37.3 Å². The van der Waals surface area contributed by atoms with E-state index in [0.717, 1.165) is 16.7 Å². The van der Waals surface area contributed by atoms with Crippen LogP contribution in [-0.2, 0) is 0 Å². The third-order valence-corrected chi connectivity index (χ3v) is 2.71. The average Bonchev–Trinajstić information content (AvgIpc) is 2.07. The summed E-state index contributed by atoms with van der Waals surface area (Å²) < 4.78 is 0. The van der Waals surface area contributed by atoms with Crippen LogP contribution in [0, 0.1) is 27.7 Å². The lowest BCUT2D eigenvalue weighted by atomic mass is 9.95. The molecular formula is C11H14AlO2. The van der Waals surface area contributed by atoms with E-state index in [-0.39, 0.29) is 17.4 Å². The number of benzene rings is 1. The fraction of sp³-hybridized carbons (Fsp3) is 0.364. The first-order valence-corrected chi connectivity index (χ1v) is 4.26. The highest BCUT2D eigenvalue weighted by atomic mass is 27.0. The standard InChI is InChI=1S/C11H14O2.Al/c1-6-5-10(11(12)13)9(4)8(3)7(6)2;/h5H,1-4H3,(H,12,13);. The van der Waals surface area contributed by atoms with Crippen LogP contribution < -0.4 is 0 Å². The van der Waals surface area contributed by atoms with Crippen LogP contribution in [0.1, 0.15) is 32.6 Å². The lowest BCUT2D eigenvalue weighted by Gasteiger charge is -2.10. The molecular weight excluding hydrogens is 191 g/mol. The summed E-state index contributed by atoms with van der Waals surface area (Å²) in [5.74, 6) is -0.844. The van der Waals surface area contributed by atoms with E-state index in [2.05, 4.69) is 0 Å². The largest absolute Gasteiger partial charge is 0.478 e. The van der Waals surface area contributed by atoms with Gasteiger partial charge in [-0.2, -0.15) is 0 Å². The molecule has 0 saturated carbocycles. The van der Waals surface area contributed by atoms with Gasteiger partial charge in [0.2, 0.25) is 0 Å². The van der Waals surface area contributed by atoms with Crippen LogP contribution in [0.4, 0.5) is 0 Å². The molecule has 2 nitrogen and oxygen atoms in total. The second kappa shape index (κ2) is 4.64. The van der Waals surface area contributed by atoms with Crippen LogP contribution in [-0.4, -0.2) is 28.4 Å². The minimum Gasteiger partial charge on any atom is -0.478 e. The second-order valence-corrected chi connectivity index (χ2v) is 3.42. The molecule has 0 aliphatic carbocycles. The maximum atomic E-state index is 10.8. The number of hydrogen-bond acceptors (Lipinski definition) is 1. The van der Waals surface area contributed by atoms with Crippen LogP contribution >= 0.6 is 0 Å². The molecule has 0 bridgehead atoms. The van der Waals surface area contributed by atoms with E-state index in [1.165, 1.54) is 5.56 Å². The maximum Gasteiger partial charge on any atom is 0.335 e. The van der Waals surface area contributed by atoms with Crippen LogP contribution in [0.15, 0.2) is 6.07 Å². The lowest BCUT2D eigenvalue weighted by Crippen LogP contribution is -2.04. The first-order valence-electron chi connectivity index (χ1n) is 4.26. The molecule has 73 valence electrons. The Morgan fingerprint density at radius 1 is 1.07 bits per heavy atom. The van der Waals surface area contributed by atoms with E-state index < -0.39 is 5.97 Å². The van der Waals surface area contributed by atoms with E-state index in [9.17, 15) is 4.79 Å². The Kier molecular flexibility index (Phi) is 4.38. The van der Waals surface area contributed by atoms with Crippen molar-refractivity contribution in [2.45, 2.75) is 27.7 Å². The number of rotatable bonds is 1. The Bertz CT molecular complexity index is 370. The van der Waals surface area contributed by atoms with Crippen molar-refractivity contribution in [3.05, 3.63) is 33.9 Å². The molecule has 3 heteroatoms. The summed E-state index contributed by atoms with van der Waals surface area (Å²) >= 11 is 0. The molecule has 0 aliphatic heterocycles. The average molecular weight is 205 g/mol. The number of carbonyl (C=O) groups is 1. The smallest absolute Gasteiger partial charge is 0.335 e. The molecule has 0 spiro atoms. The molecule has 0 heterocycles. The highest BCUT2D eigenvalue weighted by Gasteiger charge is 2.11. The molecule has 0 aliphatic rings. The zero-order chi connectivity index (χ0) is 10.2. The molecule has 1 N–H and O–H groups in total. The van der Waals surface area contributed by atoms with Crippen LogP contribution in [0.2, 0.25) is 0 Å². The Morgan fingerprint density at radius 2 is 1.57 bits per heavy atom. The molecule has 1 aromatic rings. The van der Waals surface area contributed by atoms with Gasteiger partial charge in [-0.25, -0.2) is 4.79 Å². The summed E-state index contributed by atoms with van der Waals surface area (Å²) in [6, 6.07) is 1.74. The van der Waals surface area contributed by atoms with E-state index in [1.54, 1.807) is 6.07 Å². The van der Waals surface area contributed by atoms with E-state index in [4.69, 9.17) is 5.11 Å². The summed E-state index contributed by atoms with van der Waals surface area (Å²) in [6.45, 7) is 7.77. The zero-order valence-electron chi connectivity index (χ0n) is 9.01. The highest BCUT2D eigenvalue weighted by Crippen LogP contribution is 2.20. The van der Waals surface area contributed by atoms with Crippen molar-refractivity contribution >= 4 is 23.3 Å². The quantitative estimate of drug-likeness (QED) is 0.714. The van der Waals surface area contributed by atoms with Crippen LogP contribution in [0.5, 0.6) is 0 Å². The summed E-state index contributed by atoms with van der Waals surface area (Å²) in [5.41, 5.74) is 4.59. The van der Waals surface area contributed by atoms with E-state index >= 15 is 0 Å². The Hall–Kier alpha value is -0.778. The van der Waals surface area contributed by atoms with Gasteiger partial charge in [-0.1, -0.05) is 0 Å². The fourth-order valence-corrected chi connectivity index (χ4v) is 1.43. The van der Waals surface area contributed by atoms with Crippen molar-refractivity contribution in [2.24, 2.45) is 0 Å². The minimum absolute atomic E-state index is 0. The molecule has 3 radical (unpaired) electrons. The SMILES string of the molecule is Cc1cc(C(=O)O)c(C)c(C)c1C.[Al]. The Labute approximate surface area is 95.1 Å². The van der Waals surface area contributed by atoms with Crippen molar-refractivity contribution in [1.29, 1.82) is 0 Å². The van der Waals surface area contributed by atoms with E-state index in [0.29, 0.717) is 5.56 Å². The van der Waals surface area contributed by atoms with Crippen molar-refractivity contribution in [1.82, 2.24) is 0 Å². The van der Waals surface area contributed by atoms with Crippen molar-refractivity contribution < 1.29 is 9.90 Å². The van der Waals surface area contributed by atoms with Gasteiger partial charge in [-0.05, 0) is 56.0 Å². The van der Waals surface area contributed by atoms with Crippen molar-refractivity contribution in [3.8, 4) is 0 Å². The highest BCUT2D eigenvalue weighted by molar-refractivity contribution is 5.90. The second-order valence-electron chi connectivity index (χ2n) is 3.42. The summed E-state index contributed by atoms with van der Waals surface area (Å²) in [5, 5.41) is 8.91. The van der Waals surface area contributed by atoms with Gasteiger partial charge in [-0.3, -0.25) is 0 Å². The number of aromatic carboxylic acids is 1. The van der Waals surface area contributed by atoms with Crippen molar-refractivity contribution in [2.75, 3.05) is 0 Å². The molecule has 1 aromatic carbocycles. The van der Waals surface area contributed by atoms with Gasteiger partial charge < -0.3 is 5.11 Å². The lowest BCUT2D eigenvalue weighted by molar-refractivity contribution is 0.0696. The molecule has 0 atom stereocenters. The molecule has 0 saturated heterocycles. The molecule has 0 amide bonds. The summed E-state index contributed by atoms with van der Waals surface area (Å²) in [4.78, 5) is 10.8. The van der Waals surface area contributed by atoms with Crippen molar-refractivity contribution in [3.63, 3.8) is 0 Å². The number of carboxylic acid groups (broad SMARTS) is 1. The maximum absolute atomic E-state index is 10.8. The number of carboxylic acids is 1. The normalized spacial score (nSPS) is 9.43. The van der Waals surface area contributed by atoms with Gasteiger partial charge in [0.15, 0.2) is 0 Å². The van der Waals surface area contributed by atoms with Gasteiger partial charge in [0.05, 0.1) is 5.56 Å². The number of hydrogen-bond donors (Lipinski definition) is 1. The summed E-state index contributed by atoms with van der Waals surface area (Å²) in [6.07, 6.45) is 0. The Balaban J connectivity index is 0.00000169. The van der Waals surface area contributed by atoms with Gasteiger partial charge in [0.1, 0.15) is 0 Å². The van der Waals surface area contributed by atoms with Crippen LogP contribution in [0.25, 0.3) is 0 Å². The predicted molar refractivity (Wildman–Crippen MR) is 58.1 cm³/mol. The zero-order valence-corrected chi connectivity index (χ0v) is 10.2. The van der Waals surface area contributed by atoms with E-state index in [1.807, 2.05) is 27.7 Å². The van der Waals surface area contributed by atoms with Gasteiger partial charge in [0, 0.05) is 17.4 Å². The molecule has 14 heavy (non-hydrogen) atoms. The predicted octanol–water partition coefficient (Wildman–Crippen LogP) is 2.24. The van der Waals surface area contributed by atoms with Gasteiger partial charge >= 0.3 is 5.97 Å². The molecule has 0 aromatic heterocycles. The molecule has 1 rings (SSSR count). The van der Waals surface area contributed by atoms with Gasteiger partial charge in [-0.15, -0.1) is 0 Å². The number of aryl methyl sites for hydroxylation is 1. The Morgan fingerprint density at radius 3 is 2.00 bits per heavy atom. The van der Waals surface area contributed by atoms with Crippen LogP contribution in [0.3, 0.4) is 0 Å². The first kappa shape index (κ1) is 13.2. The molecule has 0 unspecified atom stereocenters. The third kappa shape index (κ3) is 2.17. The summed E-state index contributed by atoms with van der Waals surface area (Å²) in [7, 11) is 0. The monoisotopic (exact) mass is 205 g/mol. The molecule has 0 fully saturated rings. The third-order valence-electron chi connectivity index (χ3n) is 2.71. The fourth-order valence-electron chi connectivity index (χ4n) is 1.43.